The Balaban J connectivity index is 0.000000193. The molecule has 1 aliphatic carbocycles. The molecule has 7 nitrogen and oxygen atoms in total. The number of hydrogen-bond acceptors (Lipinski definition) is 7. The van der Waals surface area contributed by atoms with Crippen molar-refractivity contribution in [3.63, 3.8) is 0 Å². The van der Waals surface area contributed by atoms with Gasteiger partial charge in [0.15, 0.2) is 20.5 Å². The molecule has 4 aromatic rings. The number of nitrogens with one attached hydrogen (secondary N) is 1. The predicted molar refractivity (Wildman–Crippen MR) is 167 cm³/mol. The highest BCUT2D eigenvalue weighted by Gasteiger charge is 2.28. The van der Waals surface area contributed by atoms with Crippen LogP contribution >= 0.6 is 66.9 Å². The standard InChI is InChI=1S/C12H11BrFN3O2S2.C10H11Br.C3H3FN2S.ClH/c13-10-3-1-2-8-7-17(5-4-9(8)10)21(18,19)16-12-15-6-11(14)20-12;11-10-7-3-5-8-4-1-2-6-9(8)10;4-2-1-6-3(5)7-2;/h1-3,6H,4-5,7H2,(H,15,16);3,5,7H,1-2,4,6H2;1H,(H2,5,6);1H. The lowest BCUT2D eigenvalue weighted by atomic mass is 9.92. The summed E-state index contributed by atoms with van der Waals surface area (Å²) in [5, 5.41) is -0.553. The van der Waals surface area contributed by atoms with Crippen LogP contribution < -0.4 is 10.5 Å². The smallest absolute Gasteiger partial charge is 0.303 e. The van der Waals surface area contributed by atoms with Crippen LogP contribution in [0.4, 0.5) is 19.0 Å². The summed E-state index contributed by atoms with van der Waals surface area (Å²) < 4.78 is 55.2. The predicted octanol–water partition coefficient (Wildman–Crippen LogP) is 7.37. The number of halogens is 5. The number of hydrogen-bond donors (Lipinski definition) is 2. The van der Waals surface area contributed by atoms with E-state index >= 15 is 0 Å². The first-order valence-corrected chi connectivity index (χ1v) is 16.6. The minimum atomic E-state index is -3.73. The molecule has 3 N–H and O–H groups in total. The van der Waals surface area contributed by atoms with Gasteiger partial charge in [-0.05, 0) is 66.5 Å². The van der Waals surface area contributed by atoms with Crippen LogP contribution in [0, 0.1) is 10.3 Å². The average Bonchev–Trinajstić information content (AvgIpc) is 3.50. The maximum Gasteiger partial charge on any atom is 0.303 e. The van der Waals surface area contributed by atoms with Crippen molar-refractivity contribution in [2.45, 2.75) is 38.6 Å². The molecule has 0 saturated heterocycles. The van der Waals surface area contributed by atoms with Gasteiger partial charge in [-0.2, -0.15) is 21.5 Å². The van der Waals surface area contributed by atoms with Gasteiger partial charge in [-0.25, -0.2) is 14.7 Å². The van der Waals surface area contributed by atoms with Crippen LogP contribution in [0.3, 0.4) is 0 Å². The Labute approximate surface area is 263 Å². The summed E-state index contributed by atoms with van der Waals surface area (Å²) in [5.41, 5.74) is 10.2. The number of aromatic nitrogens is 2. The van der Waals surface area contributed by atoms with Gasteiger partial charge in [0.2, 0.25) is 0 Å². The largest absolute Gasteiger partial charge is 0.375 e. The molecule has 0 atom stereocenters. The first-order valence-electron chi connectivity index (χ1n) is 11.9. The van der Waals surface area contributed by atoms with Crippen molar-refractivity contribution in [2.24, 2.45) is 0 Å². The lowest BCUT2D eigenvalue weighted by Crippen LogP contribution is -2.39. The molecule has 0 bridgehead atoms. The van der Waals surface area contributed by atoms with E-state index in [1.54, 1.807) is 11.1 Å². The van der Waals surface area contributed by atoms with E-state index in [2.05, 4.69) is 64.7 Å². The van der Waals surface area contributed by atoms with Gasteiger partial charge in [-0.1, -0.05) is 78.8 Å². The maximum absolute atomic E-state index is 12.9. The molecule has 0 amide bonds. The molecule has 40 heavy (non-hydrogen) atoms. The second-order valence-electron chi connectivity index (χ2n) is 8.62. The van der Waals surface area contributed by atoms with Crippen molar-refractivity contribution in [2.75, 3.05) is 17.0 Å². The van der Waals surface area contributed by atoms with E-state index < -0.39 is 15.3 Å². The summed E-state index contributed by atoms with van der Waals surface area (Å²) in [6.07, 6.45) is 7.97. The highest BCUT2D eigenvalue weighted by Crippen LogP contribution is 2.29. The van der Waals surface area contributed by atoms with Gasteiger partial charge < -0.3 is 5.73 Å². The monoisotopic (exact) mass is 755 g/mol. The number of rotatable bonds is 3. The van der Waals surface area contributed by atoms with Gasteiger partial charge in [0, 0.05) is 22.0 Å². The molecule has 0 unspecified atom stereocenters. The number of thiazole rings is 2. The van der Waals surface area contributed by atoms with Crippen molar-refractivity contribution < 1.29 is 17.2 Å². The van der Waals surface area contributed by atoms with Gasteiger partial charge in [-0.15, -0.1) is 12.4 Å². The van der Waals surface area contributed by atoms with Crippen molar-refractivity contribution in [1.29, 1.82) is 0 Å². The van der Waals surface area contributed by atoms with Gasteiger partial charge in [0.25, 0.3) is 0 Å². The lowest BCUT2D eigenvalue weighted by Gasteiger charge is -2.28. The second-order valence-corrected chi connectivity index (χ2v) is 14.0. The quantitative estimate of drug-likeness (QED) is 0.227. The molecule has 216 valence electrons. The van der Waals surface area contributed by atoms with E-state index in [4.69, 9.17) is 5.73 Å². The normalized spacial score (nSPS) is 14.3. The van der Waals surface area contributed by atoms with Crippen LogP contribution in [0.15, 0.2) is 57.7 Å². The molecule has 2 aromatic carbocycles. The fourth-order valence-corrected chi connectivity index (χ4v) is 7.76. The summed E-state index contributed by atoms with van der Waals surface area (Å²) in [6, 6.07) is 12.3. The molecular formula is C25H26Br2ClF2N5O2S3. The molecule has 6 rings (SSSR count). The molecule has 0 saturated carbocycles. The zero-order valence-electron chi connectivity index (χ0n) is 20.9. The van der Waals surface area contributed by atoms with Crippen LogP contribution in [0.25, 0.3) is 0 Å². The van der Waals surface area contributed by atoms with E-state index in [-0.39, 0.29) is 34.3 Å². The number of benzene rings is 2. The fourth-order valence-electron chi connectivity index (χ4n) is 4.22. The SMILES string of the molecule is Brc1cccc2c1CCCC2.Cl.Nc1ncc(F)s1.O=S(=O)(Nc1ncc(F)s1)N1CCc2c(Br)cccc2C1. The summed E-state index contributed by atoms with van der Waals surface area (Å²) >= 11 is 8.56. The molecule has 0 fully saturated rings. The summed E-state index contributed by atoms with van der Waals surface area (Å²) in [5.74, 6) is 0. The average molecular weight is 758 g/mol. The second kappa shape index (κ2) is 15.0. The number of nitrogens with two attached hydrogens (primary N) is 1. The third kappa shape index (κ3) is 8.91. The van der Waals surface area contributed by atoms with Crippen LogP contribution in [-0.2, 0) is 36.0 Å². The first-order chi connectivity index (χ1) is 18.6. The van der Waals surface area contributed by atoms with Crippen LogP contribution in [0.1, 0.15) is 35.1 Å². The van der Waals surface area contributed by atoms with Crippen LogP contribution in [0.2, 0.25) is 0 Å². The molecule has 15 heteroatoms. The Bertz CT molecular complexity index is 1520. The Morgan fingerprint density at radius 2 is 1.48 bits per heavy atom. The molecule has 3 heterocycles. The molecule has 1 aliphatic heterocycles. The zero-order chi connectivity index (χ0) is 28.0. The Kier molecular flexibility index (Phi) is 12.3. The molecule has 0 radical (unpaired) electrons. The van der Waals surface area contributed by atoms with Crippen molar-refractivity contribution in [1.82, 2.24) is 14.3 Å². The Morgan fingerprint density at radius 1 is 0.875 bits per heavy atom. The van der Waals surface area contributed by atoms with E-state index in [1.165, 1.54) is 34.5 Å². The minimum absolute atomic E-state index is 0. The third-order valence-electron chi connectivity index (χ3n) is 6.04. The number of nitrogens with zero attached hydrogens (tertiary/aromatic N) is 3. The number of anilines is 2. The van der Waals surface area contributed by atoms with E-state index in [0.29, 0.717) is 24.3 Å². The third-order valence-corrected chi connectivity index (χ3v) is 10.4. The minimum Gasteiger partial charge on any atom is -0.375 e. The summed E-state index contributed by atoms with van der Waals surface area (Å²) in [6.45, 7) is 0.663. The first kappa shape index (κ1) is 32.8. The van der Waals surface area contributed by atoms with Gasteiger partial charge in [-0.3, -0.25) is 0 Å². The number of nitrogen functional groups attached to an aromatic ring is 1. The number of fused-ring (bicyclic) bond motifs is 2. The highest BCUT2D eigenvalue weighted by atomic mass is 79.9. The van der Waals surface area contributed by atoms with E-state index in [9.17, 15) is 17.2 Å². The Hall–Kier alpha value is -1.68. The van der Waals surface area contributed by atoms with Gasteiger partial charge >= 0.3 is 10.2 Å². The molecule has 0 spiro atoms. The fraction of sp³-hybridized carbons (Fsp3) is 0.280. The summed E-state index contributed by atoms with van der Waals surface area (Å²) in [7, 11) is -3.73. The lowest BCUT2D eigenvalue weighted by molar-refractivity contribution is 0.394. The van der Waals surface area contributed by atoms with E-state index in [1.807, 2.05) is 18.2 Å². The molecule has 2 aliphatic rings. The Morgan fingerprint density at radius 3 is 2.02 bits per heavy atom. The van der Waals surface area contributed by atoms with Crippen molar-refractivity contribution in [3.8, 4) is 0 Å². The summed E-state index contributed by atoms with van der Waals surface area (Å²) in [4.78, 5) is 7.11. The molecular weight excluding hydrogens is 732 g/mol. The van der Waals surface area contributed by atoms with Crippen LogP contribution in [-0.4, -0.2) is 29.2 Å². The molecule has 2 aromatic heterocycles. The number of aryl methyl sites for hydroxylation is 1. The van der Waals surface area contributed by atoms with E-state index in [0.717, 1.165) is 39.3 Å². The van der Waals surface area contributed by atoms with Gasteiger partial charge in [0.05, 0.1) is 12.4 Å². The van der Waals surface area contributed by atoms with Crippen LogP contribution in [0.5, 0.6) is 0 Å². The zero-order valence-corrected chi connectivity index (χ0v) is 27.4. The topological polar surface area (TPSA) is 101 Å². The maximum atomic E-state index is 12.9. The van der Waals surface area contributed by atoms with Crippen molar-refractivity contribution >= 4 is 87.4 Å². The van der Waals surface area contributed by atoms with Gasteiger partial charge in [0.1, 0.15) is 0 Å². The highest BCUT2D eigenvalue weighted by molar-refractivity contribution is 9.10. The van der Waals surface area contributed by atoms with Crippen molar-refractivity contribution in [3.05, 3.63) is 90.3 Å².